The molecule has 0 heterocycles. The van der Waals surface area contributed by atoms with Crippen molar-refractivity contribution in [3.05, 3.63) is 194 Å². The molecule has 6 rings (SSSR count). The van der Waals surface area contributed by atoms with Crippen molar-refractivity contribution < 1.29 is 54.9 Å². The Balaban J connectivity index is 0.000000199. The van der Waals surface area contributed by atoms with E-state index >= 15 is 0 Å². The number of rotatable bonds is 6. The van der Waals surface area contributed by atoms with Gasteiger partial charge < -0.3 is 14.2 Å². The van der Waals surface area contributed by atoms with Crippen LogP contribution in [0.4, 0.5) is 26.3 Å². The summed E-state index contributed by atoms with van der Waals surface area (Å²) < 4.78 is 95.5. The molecule has 0 saturated carbocycles. The fraction of sp³-hybridized carbons (Fsp3) is 0.0667. The van der Waals surface area contributed by atoms with Crippen molar-refractivity contribution in [3.8, 4) is 35.5 Å². The van der Waals surface area contributed by atoms with Crippen molar-refractivity contribution in [2.45, 2.75) is 20.8 Å². The van der Waals surface area contributed by atoms with Crippen molar-refractivity contribution in [1.29, 1.82) is 15.8 Å². The van der Waals surface area contributed by atoms with Crippen LogP contribution in [0.15, 0.2) is 109 Å². The Bertz CT molecular complexity index is 2710. The van der Waals surface area contributed by atoms with Crippen molar-refractivity contribution in [2.75, 3.05) is 0 Å². The van der Waals surface area contributed by atoms with Crippen LogP contribution in [-0.4, -0.2) is 17.9 Å². The molecule has 6 aromatic carbocycles. The van der Waals surface area contributed by atoms with E-state index in [1.54, 1.807) is 55.5 Å². The molecule has 0 spiro atoms. The van der Waals surface area contributed by atoms with Gasteiger partial charge >= 0.3 is 17.9 Å². The largest absolute Gasteiger partial charge is 0.423 e. The summed E-state index contributed by atoms with van der Waals surface area (Å²) in [5.41, 5.74) is 0.820. The zero-order chi connectivity index (χ0) is 44.1. The van der Waals surface area contributed by atoms with Crippen LogP contribution in [0.25, 0.3) is 0 Å². The summed E-state index contributed by atoms with van der Waals surface area (Å²) in [6.07, 6.45) is 0. The Morgan fingerprint density at radius 2 is 0.800 bits per heavy atom. The molecule has 9 nitrogen and oxygen atoms in total. The van der Waals surface area contributed by atoms with E-state index in [9.17, 15) is 40.7 Å². The van der Waals surface area contributed by atoms with E-state index in [4.69, 9.17) is 30.0 Å². The Morgan fingerprint density at radius 1 is 0.417 bits per heavy atom. The highest BCUT2D eigenvalue weighted by Crippen LogP contribution is 2.22. The number of hydrogen-bond donors (Lipinski definition) is 0. The second kappa shape index (κ2) is 20.3. The van der Waals surface area contributed by atoms with Crippen LogP contribution in [0.5, 0.6) is 17.2 Å². The highest BCUT2D eigenvalue weighted by Gasteiger charge is 2.21. The highest BCUT2D eigenvalue weighted by atomic mass is 19.1. The monoisotopic (exact) mass is 819 g/mol. The fourth-order valence-corrected chi connectivity index (χ4v) is 4.81. The van der Waals surface area contributed by atoms with Crippen LogP contribution in [0, 0.1) is 89.7 Å². The van der Waals surface area contributed by atoms with Gasteiger partial charge in [-0.3, -0.25) is 0 Å². The Hall–Kier alpha value is -8.22. The van der Waals surface area contributed by atoms with E-state index in [0.29, 0.717) is 16.7 Å². The average Bonchev–Trinajstić information content (AvgIpc) is 3.18. The first kappa shape index (κ1) is 44.5. The van der Waals surface area contributed by atoms with Gasteiger partial charge in [-0.1, -0.05) is 23.8 Å². The molecular weight excluding hydrogens is 792 g/mol. The summed E-state index contributed by atoms with van der Waals surface area (Å²) >= 11 is 0. The number of carbonyl (C=O) groups is 3. The Morgan fingerprint density at radius 3 is 1.20 bits per heavy atom. The molecule has 0 aliphatic rings. The smallest absolute Gasteiger partial charge is 0.349 e. The van der Waals surface area contributed by atoms with E-state index in [1.165, 1.54) is 43.3 Å². The van der Waals surface area contributed by atoms with Crippen LogP contribution in [-0.2, 0) is 0 Å². The van der Waals surface area contributed by atoms with E-state index in [0.717, 1.165) is 48.0 Å². The van der Waals surface area contributed by atoms with Gasteiger partial charge in [-0.25, -0.2) is 40.7 Å². The minimum absolute atomic E-state index is 0.0714. The average molecular weight is 820 g/mol. The summed E-state index contributed by atoms with van der Waals surface area (Å²) in [6, 6.07) is 27.9. The molecule has 0 atom stereocenters. The second-order valence-electron chi connectivity index (χ2n) is 12.4. The van der Waals surface area contributed by atoms with Gasteiger partial charge in [0.15, 0.2) is 0 Å². The van der Waals surface area contributed by atoms with Crippen LogP contribution < -0.4 is 14.2 Å². The number of nitrogens with zero attached hydrogens (tertiary/aromatic N) is 3. The fourth-order valence-electron chi connectivity index (χ4n) is 4.81. The number of benzene rings is 6. The number of hydrogen-bond acceptors (Lipinski definition) is 9. The molecule has 0 aromatic heterocycles. The third-order valence-corrected chi connectivity index (χ3v) is 7.84. The molecule has 300 valence electrons. The van der Waals surface area contributed by atoms with E-state index < -0.39 is 58.4 Å². The maximum absolute atomic E-state index is 13.6. The minimum atomic E-state index is -1.28. The molecule has 0 saturated heterocycles. The molecular formula is C45H27F6N3O6. The van der Waals surface area contributed by atoms with Crippen molar-refractivity contribution >= 4 is 17.9 Å². The maximum Gasteiger partial charge on any atom is 0.349 e. The van der Waals surface area contributed by atoms with Crippen LogP contribution in [0.3, 0.4) is 0 Å². The van der Waals surface area contributed by atoms with Gasteiger partial charge in [0.2, 0.25) is 0 Å². The molecule has 6 aromatic rings. The van der Waals surface area contributed by atoms with Gasteiger partial charge in [0.25, 0.3) is 0 Å². The number of nitriles is 3. The first-order valence-electron chi connectivity index (χ1n) is 17.1. The molecule has 0 aliphatic heterocycles. The predicted octanol–water partition coefficient (Wildman–Crippen LogP) is 10.1. The van der Waals surface area contributed by atoms with Crippen LogP contribution in [0.2, 0.25) is 0 Å². The zero-order valence-electron chi connectivity index (χ0n) is 31.5. The summed E-state index contributed by atoms with van der Waals surface area (Å²) in [5, 5.41) is 25.8. The van der Waals surface area contributed by atoms with Crippen LogP contribution >= 0.6 is 0 Å². The van der Waals surface area contributed by atoms with E-state index in [2.05, 4.69) is 0 Å². The zero-order valence-corrected chi connectivity index (χ0v) is 31.5. The normalized spacial score (nSPS) is 9.90. The number of ether oxygens (including phenoxy) is 3. The summed E-state index contributed by atoms with van der Waals surface area (Å²) in [6.45, 7) is 5.07. The quantitative estimate of drug-likeness (QED) is 0.0909. The SMILES string of the molecule is Cc1cc(F)c(C(=O)Oc2ccc(C#N)c(F)c2)c(F)c1.Cc1ccc(C(=O)Oc2ccc(C#N)c(F)c2)c(F)c1.Cc1ccc(C(=O)Oc2ccc(C#N)c(F)c2)cc1. The molecule has 15 heteroatoms. The molecule has 0 amide bonds. The van der Waals surface area contributed by atoms with Gasteiger partial charge in [-0.2, -0.15) is 15.8 Å². The molecule has 0 bridgehead atoms. The Kier molecular flexibility index (Phi) is 15.0. The lowest BCUT2D eigenvalue weighted by Gasteiger charge is -2.07. The summed E-state index contributed by atoms with van der Waals surface area (Å²) in [5.74, 6) is -8.29. The molecule has 0 aliphatic carbocycles. The summed E-state index contributed by atoms with van der Waals surface area (Å²) in [4.78, 5) is 35.3. The lowest BCUT2D eigenvalue weighted by atomic mass is 10.1. The van der Waals surface area contributed by atoms with Crippen molar-refractivity contribution in [2.24, 2.45) is 0 Å². The third kappa shape index (κ3) is 11.9. The first-order chi connectivity index (χ1) is 28.5. The first-order valence-corrected chi connectivity index (χ1v) is 17.1. The van der Waals surface area contributed by atoms with Gasteiger partial charge in [0.05, 0.1) is 27.8 Å². The maximum atomic E-state index is 13.6. The number of halogens is 6. The molecule has 0 fully saturated rings. The van der Waals surface area contributed by atoms with E-state index in [-0.39, 0.29) is 39.5 Å². The number of carbonyl (C=O) groups excluding carboxylic acids is 3. The topological polar surface area (TPSA) is 150 Å². The number of aryl methyl sites for hydroxylation is 3. The van der Waals surface area contributed by atoms with Gasteiger partial charge in [-0.15, -0.1) is 0 Å². The van der Waals surface area contributed by atoms with Crippen molar-refractivity contribution in [1.82, 2.24) is 0 Å². The number of esters is 3. The van der Waals surface area contributed by atoms with Crippen molar-refractivity contribution in [3.63, 3.8) is 0 Å². The van der Waals surface area contributed by atoms with E-state index in [1.807, 2.05) is 6.92 Å². The minimum Gasteiger partial charge on any atom is -0.423 e. The van der Waals surface area contributed by atoms with Gasteiger partial charge in [0.1, 0.15) is 75.9 Å². The van der Waals surface area contributed by atoms with Crippen LogP contribution in [0.1, 0.15) is 64.5 Å². The summed E-state index contributed by atoms with van der Waals surface area (Å²) in [7, 11) is 0. The van der Waals surface area contributed by atoms with Gasteiger partial charge in [-0.05, 0) is 105 Å². The Labute approximate surface area is 338 Å². The molecule has 0 unspecified atom stereocenters. The lowest BCUT2D eigenvalue weighted by molar-refractivity contribution is 0.0715. The molecule has 0 radical (unpaired) electrons. The highest BCUT2D eigenvalue weighted by molar-refractivity contribution is 5.92. The standard InChI is InChI=1S/C15H8F3NO2.C15H9F2NO2.C15H10FNO2/c1-8-4-12(17)14(13(18)5-8)15(20)21-10-3-2-9(7-19)11(16)6-10;1-9-2-5-12(14(17)6-9)15(19)20-11-4-3-10(8-18)13(16)7-11;1-10-2-4-11(5-3-10)15(18)19-13-7-6-12(9-17)14(16)8-13/h2-6H,1H3;2-7H,1H3;2-8H,1H3. The second-order valence-corrected chi connectivity index (χ2v) is 12.4. The molecule has 0 N–H and O–H groups in total. The van der Waals surface area contributed by atoms with Gasteiger partial charge in [0, 0.05) is 18.2 Å². The third-order valence-electron chi connectivity index (χ3n) is 7.84. The molecule has 60 heavy (non-hydrogen) atoms. The lowest BCUT2D eigenvalue weighted by Crippen LogP contribution is -2.13. The predicted molar refractivity (Wildman–Crippen MR) is 202 cm³/mol.